The van der Waals surface area contributed by atoms with Gasteiger partial charge in [0, 0.05) is 26.6 Å². The number of carbonyl (C=O) groups is 3. The Bertz CT molecular complexity index is 1070. The van der Waals surface area contributed by atoms with Gasteiger partial charge in [-0.05, 0) is 36.3 Å². The Kier molecular flexibility index (Phi) is 5.69. The van der Waals surface area contributed by atoms with Crippen molar-refractivity contribution in [2.45, 2.75) is 24.9 Å². The number of amides is 3. The fourth-order valence-electron chi connectivity index (χ4n) is 4.16. The lowest BCUT2D eigenvalue weighted by molar-refractivity contribution is -0.140. The molecule has 4 rings (SSSR count). The average Bonchev–Trinajstić information content (AvgIpc) is 3.17. The molecule has 2 aromatic rings. The predicted octanol–water partition coefficient (Wildman–Crippen LogP) is 1.61. The van der Waals surface area contributed by atoms with Crippen molar-refractivity contribution in [2.24, 2.45) is 0 Å². The van der Waals surface area contributed by atoms with E-state index in [0.717, 1.165) is 5.56 Å². The maximum atomic E-state index is 12.6. The van der Waals surface area contributed by atoms with Gasteiger partial charge in [-0.3, -0.25) is 14.4 Å². The van der Waals surface area contributed by atoms with Gasteiger partial charge in [0.25, 0.3) is 5.91 Å². The average molecular weight is 441 g/mol. The van der Waals surface area contributed by atoms with Crippen LogP contribution in [-0.2, 0) is 9.59 Å². The first-order valence-corrected chi connectivity index (χ1v) is 10.2. The topological polar surface area (TPSA) is 108 Å². The van der Waals surface area contributed by atoms with Gasteiger partial charge in [0.2, 0.25) is 11.8 Å². The highest BCUT2D eigenvalue weighted by Gasteiger charge is 2.43. The highest BCUT2D eigenvalue weighted by atomic mass is 35.5. The first-order valence-electron chi connectivity index (χ1n) is 9.85. The minimum atomic E-state index is -0.364. The summed E-state index contributed by atoms with van der Waals surface area (Å²) in [5.41, 5.74) is 1.82. The molecular weight excluding hydrogens is 420 g/mol. The third-order valence-electron chi connectivity index (χ3n) is 5.61. The van der Waals surface area contributed by atoms with Crippen LogP contribution in [0.2, 0.25) is 5.15 Å². The lowest BCUT2D eigenvalue weighted by Crippen LogP contribution is -2.54. The van der Waals surface area contributed by atoms with Gasteiger partial charge in [0.05, 0.1) is 23.5 Å². The van der Waals surface area contributed by atoms with Crippen molar-refractivity contribution in [2.75, 3.05) is 20.1 Å². The largest absolute Gasteiger partial charge is 0.354 e. The van der Waals surface area contributed by atoms with Gasteiger partial charge in [0.1, 0.15) is 17.2 Å². The van der Waals surface area contributed by atoms with Gasteiger partial charge in [-0.1, -0.05) is 18.2 Å². The van der Waals surface area contributed by atoms with Gasteiger partial charge in [-0.2, -0.15) is 0 Å². The van der Waals surface area contributed by atoms with Crippen LogP contribution in [0.5, 0.6) is 0 Å². The smallest absolute Gasteiger partial charge is 0.269 e. The second kappa shape index (κ2) is 8.43. The summed E-state index contributed by atoms with van der Waals surface area (Å²) in [4.78, 5) is 52.9. The zero-order valence-electron chi connectivity index (χ0n) is 16.9. The molecule has 10 heteroatoms. The van der Waals surface area contributed by atoms with Gasteiger partial charge >= 0.3 is 0 Å². The molecule has 31 heavy (non-hydrogen) atoms. The fourth-order valence-corrected chi connectivity index (χ4v) is 4.38. The zero-order chi connectivity index (χ0) is 22.1. The fraction of sp³-hybridized carbons (Fsp3) is 0.333. The summed E-state index contributed by atoms with van der Waals surface area (Å²) in [5, 5.41) is 2.75. The molecule has 0 unspecified atom stereocenters. The summed E-state index contributed by atoms with van der Waals surface area (Å²) >= 11 is 6.32. The number of rotatable bonds is 4. The van der Waals surface area contributed by atoms with E-state index in [1.54, 1.807) is 17.0 Å². The molecule has 2 fully saturated rings. The number of aromatic nitrogens is 3. The lowest BCUT2D eigenvalue weighted by atomic mass is 9.99. The highest BCUT2D eigenvalue weighted by Crippen LogP contribution is 2.37. The van der Waals surface area contributed by atoms with Crippen LogP contribution in [0.3, 0.4) is 0 Å². The molecule has 0 aliphatic carbocycles. The third kappa shape index (κ3) is 4.00. The van der Waals surface area contributed by atoms with Crippen LogP contribution in [0.4, 0.5) is 0 Å². The number of piperazine rings is 1. The van der Waals surface area contributed by atoms with E-state index in [0.29, 0.717) is 37.3 Å². The van der Waals surface area contributed by atoms with Crippen LogP contribution in [0, 0.1) is 0 Å². The van der Waals surface area contributed by atoms with Gasteiger partial charge in [0.15, 0.2) is 0 Å². The van der Waals surface area contributed by atoms with Crippen LogP contribution in [0.15, 0.2) is 37.2 Å². The van der Waals surface area contributed by atoms with Crippen LogP contribution < -0.4 is 5.32 Å². The quantitative estimate of drug-likeness (QED) is 0.571. The van der Waals surface area contributed by atoms with Crippen molar-refractivity contribution in [1.29, 1.82) is 0 Å². The van der Waals surface area contributed by atoms with E-state index < -0.39 is 0 Å². The molecule has 2 atom stereocenters. The lowest BCUT2D eigenvalue weighted by Gasteiger charge is -2.43. The minimum absolute atomic E-state index is 0.0514. The number of pyridine rings is 1. The number of hydrogen-bond donors (Lipinski definition) is 1. The highest BCUT2D eigenvalue weighted by molar-refractivity contribution is 6.29. The standard InChI is InChI=1S/C21H21ClN6O3/c1-3-19(29)27-9-13-4-5-20(30)28(13)17(10-27)12-6-15(26-18(22)7-12)14-8-16(21(31)23-2)25-11-24-14/h3,6-8,11,13,17H,1,4-5,9-10H2,2H3,(H,23,31)/t13-,17+/m0/s1. The first-order chi connectivity index (χ1) is 14.9. The van der Waals surface area contributed by atoms with Gasteiger partial charge in [-0.25, -0.2) is 15.0 Å². The third-order valence-corrected chi connectivity index (χ3v) is 5.80. The Labute approximate surface area is 184 Å². The molecule has 0 spiro atoms. The Balaban J connectivity index is 1.74. The van der Waals surface area contributed by atoms with Crippen molar-refractivity contribution in [1.82, 2.24) is 30.1 Å². The first kappa shape index (κ1) is 20.9. The summed E-state index contributed by atoms with van der Waals surface area (Å²) in [6.07, 6.45) is 3.72. The number of carbonyl (C=O) groups excluding carboxylic acids is 3. The number of nitrogens with zero attached hydrogens (tertiary/aromatic N) is 5. The van der Waals surface area contributed by atoms with Gasteiger partial charge < -0.3 is 15.1 Å². The Morgan fingerprint density at radius 3 is 2.77 bits per heavy atom. The Morgan fingerprint density at radius 1 is 1.23 bits per heavy atom. The van der Waals surface area contributed by atoms with E-state index in [9.17, 15) is 14.4 Å². The maximum Gasteiger partial charge on any atom is 0.269 e. The van der Waals surface area contributed by atoms with E-state index >= 15 is 0 Å². The molecule has 4 heterocycles. The van der Waals surface area contributed by atoms with Crippen LogP contribution in [-0.4, -0.2) is 68.7 Å². The number of halogens is 1. The summed E-state index contributed by atoms with van der Waals surface area (Å²) in [6, 6.07) is 4.60. The number of fused-ring (bicyclic) bond motifs is 1. The molecule has 9 nitrogen and oxygen atoms in total. The SMILES string of the molecule is C=CC(=O)N1C[C@@H]2CCC(=O)N2[C@@H](c2cc(Cl)nc(-c3cc(C(=O)NC)ncn3)c2)C1. The van der Waals surface area contributed by atoms with E-state index in [2.05, 4.69) is 26.8 Å². The summed E-state index contributed by atoms with van der Waals surface area (Å²) in [7, 11) is 1.52. The second-order valence-corrected chi connectivity index (χ2v) is 7.82. The van der Waals surface area contributed by atoms with Gasteiger partial charge in [-0.15, -0.1) is 0 Å². The number of hydrogen-bond acceptors (Lipinski definition) is 6. The molecule has 0 bridgehead atoms. The molecule has 2 aliphatic heterocycles. The molecule has 0 saturated carbocycles. The minimum Gasteiger partial charge on any atom is -0.354 e. The second-order valence-electron chi connectivity index (χ2n) is 7.43. The Hall–Kier alpha value is -3.33. The predicted molar refractivity (Wildman–Crippen MR) is 113 cm³/mol. The van der Waals surface area contributed by atoms with E-state index in [1.165, 1.54) is 25.5 Å². The molecule has 3 amide bonds. The summed E-state index contributed by atoms with van der Waals surface area (Å²) in [5.74, 6) is -0.461. The zero-order valence-corrected chi connectivity index (χ0v) is 17.7. The number of nitrogens with one attached hydrogen (secondary N) is 1. The van der Waals surface area contributed by atoms with Crippen LogP contribution in [0.1, 0.15) is 34.9 Å². The van der Waals surface area contributed by atoms with Crippen molar-refractivity contribution >= 4 is 29.3 Å². The monoisotopic (exact) mass is 440 g/mol. The molecule has 0 radical (unpaired) electrons. The van der Waals surface area contributed by atoms with E-state index in [1.807, 2.05) is 4.90 Å². The summed E-state index contributed by atoms with van der Waals surface area (Å²) < 4.78 is 0. The molecule has 2 aromatic heterocycles. The van der Waals surface area contributed by atoms with E-state index in [-0.39, 0.29) is 40.7 Å². The summed E-state index contributed by atoms with van der Waals surface area (Å²) in [6.45, 7) is 4.40. The van der Waals surface area contributed by atoms with Crippen molar-refractivity contribution in [3.05, 3.63) is 53.6 Å². The van der Waals surface area contributed by atoms with Crippen LogP contribution in [0.25, 0.3) is 11.4 Å². The molecule has 0 aromatic carbocycles. The van der Waals surface area contributed by atoms with Crippen molar-refractivity contribution in [3.63, 3.8) is 0 Å². The Morgan fingerprint density at radius 2 is 2.03 bits per heavy atom. The normalized spacial score (nSPS) is 20.4. The molecule has 2 saturated heterocycles. The molecular formula is C21H21ClN6O3. The van der Waals surface area contributed by atoms with Crippen molar-refractivity contribution < 1.29 is 14.4 Å². The molecule has 2 aliphatic rings. The molecule has 1 N–H and O–H groups in total. The maximum absolute atomic E-state index is 12.6. The van der Waals surface area contributed by atoms with Crippen LogP contribution >= 0.6 is 11.6 Å². The van der Waals surface area contributed by atoms with E-state index in [4.69, 9.17) is 11.6 Å². The molecule has 160 valence electrons. The van der Waals surface area contributed by atoms with Crippen molar-refractivity contribution in [3.8, 4) is 11.4 Å².